The lowest BCUT2D eigenvalue weighted by molar-refractivity contribution is 0.0945. The van der Waals surface area contributed by atoms with Crippen molar-refractivity contribution in [2.24, 2.45) is 5.10 Å². The second-order valence-electron chi connectivity index (χ2n) is 6.48. The summed E-state index contributed by atoms with van der Waals surface area (Å²) in [5.74, 6) is 0.165. The summed E-state index contributed by atoms with van der Waals surface area (Å²) in [4.78, 5) is 17.0. The zero-order chi connectivity index (χ0) is 20.1. The molecule has 0 aliphatic heterocycles. The number of carbonyl (C=O) groups is 1. The fraction of sp³-hybridized carbons (Fsp3) is 0.0435. The molecule has 1 N–H and O–H groups in total. The van der Waals surface area contributed by atoms with Crippen molar-refractivity contribution < 1.29 is 4.79 Å². The number of hydrogen-bond acceptors (Lipinski definition) is 4. The number of benzene rings is 3. The topological polar surface area (TPSA) is 72.2 Å². The lowest BCUT2D eigenvalue weighted by Gasteiger charge is -2.05. The maximum absolute atomic E-state index is 12.6. The van der Waals surface area contributed by atoms with Crippen LogP contribution in [-0.4, -0.2) is 26.9 Å². The van der Waals surface area contributed by atoms with E-state index in [0.717, 1.165) is 22.4 Å². The van der Waals surface area contributed by atoms with E-state index in [4.69, 9.17) is 0 Å². The van der Waals surface area contributed by atoms with Crippen LogP contribution in [0.15, 0.2) is 90.0 Å². The summed E-state index contributed by atoms with van der Waals surface area (Å²) in [6, 6.07) is 27.1. The first-order valence-electron chi connectivity index (χ1n) is 9.19. The van der Waals surface area contributed by atoms with Crippen LogP contribution in [0.25, 0.3) is 17.1 Å². The van der Waals surface area contributed by atoms with Crippen LogP contribution in [0, 0.1) is 6.92 Å². The predicted molar refractivity (Wildman–Crippen MR) is 113 cm³/mol. The molecule has 0 spiro atoms. The van der Waals surface area contributed by atoms with E-state index in [2.05, 4.69) is 20.6 Å². The molecule has 0 atom stereocenters. The van der Waals surface area contributed by atoms with Crippen molar-refractivity contribution in [1.82, 2.24) is 20.2 Å². The third kappa shape index (κ3) is 4.27. The van der Waals surface area contributed by atoms with Gasteiger partial charge in [0.15, 0.2) is 5.82 Å². The molecule has 0 saturated carbocycles. The predicted octanol–water partition coefficient (Wildman–Crippen LogP) is 4.01. The van der Waals surface area contributed by atoms with Gasteiger partial charge < -0.3 is 0 Å². The van der Waals surface area contributed by atoms with Gasteiger partial charge in [-0.15, -0.1) is 5.10 Å². The first-order valence-corrected chi connectivity index (χ1v) is 9.19. The van der Waals surface area contributed by atoms with Crippen LogP contribution in [0.3, 0.4) is 0 Å². The number of aryl methyl sites for hydroxylation is 1. The van der Waals surface area contributed by atoms with Gasteiger partial charge >= 0.3 is 5.91 Å². The van der Waals surface area contributed by atoms with E-state index < -0.39 is 5.91 Å². The van der Waals surface area contributed by atoms with E-state index in [9.17, 15) is 4.79 Å². The summed E-state index contributed by atoms with van der Waals surface area (Å²) in [6.07, 6.45) is 1.59. The first-order chi connectivity index (χ1) is 14.2. The molecule has 0 fully saturated rings. The summed E-state index contributed by atoms with van der Waals surface area (Å²) in [5, 5.41) is 8.43. The Morgan fingerprint density at radius 1 is 0.931 bits per heavy atom. The van der Waals surface area contributed by atoms with Gasteiger partial charge in [-0.1, -0.05) is 78.4 Å². The highest BCUT2D eigenvalue weighted by Gasteiger charge is 2.18. The van der Waals surface area contributed by atoms with E-state index >= 15 is 0 Å². The summed E-state index contributed by atoms with van der Waals surface area (Å²) >= 11 is 0. The third-order valence-electron chi connectivity index (χ3n) is 4.30. The number of para-hydroxylation sites is 1. The Bertz CT molecular complexity index is 1080. The van der Waals surface area contributed by atoms with Gasteiger partial charge in [0, 0.05) is 5.56 Å². The largest absolute Gasteiger partial charge is 0.311 e. The standard InChI is InChI=1S/C23H19N5O/c1-17-12-14-18(15-13-17)16-24-26-23(29)21-25-22(19-8-4-2-5-9-19)28(27-21)20-10-6-3-7-11-20/h2-16H,1H3,(H,26,29)/b24-16+. The molecule has 0 saturated heterocycles. The molecule has 6 heteroatoms. The number of nitrogens with zero attached hydrogens (tertiary/aromatic N) is 4. The first kappa shape index (κ1) is 18.3. The Kier molecular flexibility index (Phi) is 5.25. The highest BCUT2D eigenvalue weighted by Crippen LogP contribution is 2.20. The summed E-state index contributed by atoms with van der Waals surface area (Å²) in [5.41, 5.74) is 6.24. The molecular weight excluding hydrogens is 362 g/mol. The summed E-state index contributed by atoms with van der Waals surface area (Å²) in [6.45, 7) is 2.02. The van der Waals surface area contributed by atoms with Crippen LogP contribution in [0.4, 0.5) is 0 Å². The number of amides is 1. The number of aromatic nitrogens is 3. The number of hydrogen-bond donors (Lipinski definition) is 1. The number of rotatable bonds is 5. The molecule has 1 heterocycles. The molecule has 0 bridgehead atoms. The molecule has 0 aliphatic carbocycles. The number of carbonyl (C=O) groups excluding carboxylic acids is 1. The van der Waals surface area contributed by atoms with Gasteiger partial charge in [0.2, 0.25) is 5.82 Å². The van der Waals surface area contributed by atoms with Crippen LogP contribution in [-0.2, 0) is 0 Å². The molecule has 3 aromatic carbocycles. The van der Waals surface area contributed by atoms with E-state index in [1.807, 2.05) is 91.9 Å². The number of nitrogens with one attached hydrogen (secondary N) is 1. The van der Waals surface area contributed by atoms with E-state index in [1.54, 1.807) is 10.9 Å². The SMILES string of the molecule is Cc1ccc(/C=N/NC(=O)c2nc(-c3ccccc3)n(-c3ccccc3)n2)cc1. The van der Waals surface area contributed by atoms with Crippen LogP contribution in [0.5, 0.6) is 0 Å². The Morgan fingerprint density at radius 3 is 2.28 bits per heavy atom. The third-order valence-corrected chi connectivity index (χ3v) is 4.30. The van der Waals surface area contributed by atoms with E-state index in [1.165, 1.54) is 0 Å². The van der Waals surface area contributed by atoms with Crippen molar-refractivity contribution in [3.05, 3.63) is 102 Å². The van der Waals surface area contributed by atoms with Crippen molar-refractivity contribution >= 4 is 12.1 Å². The molecule has 29 heavy (non-hydrogen) atoms. The molecule has 0 unspecified atom stereocenters. The Hall–Kier alpha value is -4.06. The molecule has 0 aliphatic rings. The Labute approximate surface area is 168 Å². The second-order valence-corrected chi connectivity index (χ2v) is 6.48. The minimum atomic E-state index is -0.472. The molecular formula is C23H19N5O. The lowest BCUT2D eigenvalue weighted by atomic mass is 10.2. The summed E-state index contributed by atoms with van der Waals surface area (Å²) < 4.78 is 1.66. The fourth-order valence-corrected chi connectivity index (χ4v) is 2.80. The van der Waals surface area contributed by atoms with Crippen molar-refractivity contribution in [2.45, 2.75) is 6.92 Å². The zero-order valence-corrected chi connectivity index (χ0v) is 15.9. The van der Waals surface area contributed by atoms with Gasteiger partial charge in [0.25, 0.3) is 0 Å². The van der Waals surface area contributed by atoms with E-state index in [-0.39, 0.29) is 5.82 Å². The molecule has 4 rings (SSSR count). The Balaban J connectivity index is 1.61. The van der Waals surface area contributed by atoms with Gasteiger partial charge in [0.1, 0.15) is 0 Å². The van der Waals surface area contributed by atoms with Gasteiger partial charge in [-0.05, 0) is 24.6 Å². The van der Waals surface area contributed by atoms with Gasteiger partial charge in [0.05, 0.1) is 11.9 Å². The van der Waals surface area contributed by atoms with Crippen LogP contribution >= 0.6 is 0 Å². The van der Waals surface area contributed by atoms with Gasteiger partial charge in [-0.3, -0.25) is 4.79 Å². The van der Waals surface area contributed by atoms with Crippen LogP contribution < -0.4 is 5.43 Å². The van der Waals surface area contributed by atoms with Crippen LogP contribution in [0.2, 0.25) is 0 Å². The fourth-order valence-electron chi connectivity index (χ4n) is 2.80. The molecule has 142 valence electrons. The quantitative estimate of drug-likeness (QED) is 0.419. The van der Waals surface area contributed by atoms with Crippen molar-refractivity contribution in [1.29, 1.82) is 0 Å². The molecule has 0 radical (unpaired) electrons. The normalized spacial score (nSPS) is 10.9. The van der Waals surface area contributed by atoms with Gasteiger partial charge in [-0.2, -0.15) is 5.10 Å². The molecule has 1 amide bonds. The van der Waals surface area contributed by atoms with Crippen molar-refractivity contribution in [3.8, 4) is 17.1 Å². The van der Waals surface area contributed by atoms with Crippen molar-refractivity contribution in [2.75, 3.05) is 0 Å². The molecule has 1 aromatic heterocycles. The lowest BCUT2D eigenvalue weighted by Crippen LogP contribution is -2.19. The maximum atomic E-state index is 12.6. The smallest absolute Gasteiger partial charge is 0.264 e. The second kappa shape index (κ2) is 8.31. The number of hydrazone groups is 1. The molecule has 4 aromatic rings. The van der Waals surface area contributed by atoms with Crippen molar-refractivity contribution in [3.63, 3.8) is 0 Å². The van der Waals surface area contributed by atoms with Crippen LogP contribution in [0.1, 0.15) is 21.7 Å². The summed E-state index contributed by atoms with van der Waals surface area (Å²) in [7, 11) is 0. The maximum Gasteiger partial charge on any atom is 0.311 e. The Morgan fingerprint density at radius 2 is 1.59 bits per heavy atom. The average Bonchev–Trinajstić information content (AvgIpc) is 3.22. The highest BCUT2D eigenvalue weighted by molar-refractivity contribution is 5.92. The monoisotopic (exact) mass is 381 g/mol. The molecule has 6 nitrogen and oxygen atoms in total. The minimum Gasteiger partial charge on any atom is -0.264 e. The highest BCUT2D eigenvalue weighted by atomic mass is 16.2. The minimum absolute atomic E-state index is 0.0498. The van der Waals surface area contributed by atoms with Gasteiger partial charge in [-0.25, -0.2) is 15.1 Å². The zero-order valence-electron chi connectivity index (χ0n) is 15.9. The average molecular weight is 381 g/mol. The van der Waals surface area contributed by atoms with E-state index in [0.29, 0.717) is 5.82 Å².